The summed E-state index contributed by atoms with van der Waals surface area (Å²) in [5.74, 6) is 0.353. The number of nitrogens with two attached hydrogens (primary N) is 1. The van der Waals surface area contributed by atoms with Crippen LogP contribution in [-0.2, 0) is 30.8 Å². The molecule has 1 aliphatic heterocycles. The van der Waals surface area contributed by atoms with E-state index in [1.807, 2.05) is 44.2 Å². The summed E-state index contributed by atoms with van der Waals surface area (Å²) >= 11 is 0. The van der Waals surface area contributed by atoms with Gasteiger partial charge in [0.2, 0.25) is 15.9 Å². The van der Waals surface area contributed by atoms with E-state index in [4.69, 9.17) is 19.9 Å². The molecule has 46 heavy (non-hydrogen) atoms. The van der Waals surface area contributed by atoms with E-state index in [0.29, 0.717) is 51.9 Å². The Labute approximate surface area is 273 Å². The van der Waals surface area contributed by atoms with Gasteiger partial charge in [0, 0.05) is 26.2 Å². The summed E-state index contributed by atoms with van der Waals surface area (Å²) in [5.41, 5.74) is 6.16. The number of hydrogen-bond acceptors (Lipinski definition) is 9. The van der Waals surface area contributed by atoms with Crippen molar-refractivity contribution in [1.29, 1.82) is 0 Å². The molecule has 2 aliphatic carbocycles. The van der Waals surface area contributed by atoms with Crippen molar-refractivity contribution in [3.63, 3.8) is 0 Å². The number of carbonyl (C=O) groups excluding carboxylic acids is 2. The van der Waals surface area contributed by atoms with Gasteiger partial charge >= 0.3 is 6.03 Å². The number of rotatable bonds is 18. The van der Waals surface area contributed by atoms with Crippen LogP contribution >= 0.6 is 0 Å². The lowest BCUT2D eigenvalue weighted by Crippen LogP contribution is -2.51. The Kier molecular flexibility index (Phi) is 12.1. The van der Waals surface area contributed by atoms with Gasteiger partial charge in [0.05, 0.1) is 29.4 Å². The first-order valence-electron chi connectivity index (χ1n) is 16.4. The Balaban J connectivity index is 1.27. The van der Waals surface area contributed by atoms with Crippen LogP contribution in [0.15, 0.2) is 36.4 Å². The fourth-order valence-electron chi connectivity index (χ4n) is 5.84. The van der Waals surface area contributed by atoms with Crippen molar-refractivity contribution in [2.45, 2.75) is 102 Å². The number of amides is 3. The van der Waals surface area contributed by atoms with Gasteiger partial charge in [-0.15, -0.1) is 0 Å². The molecule has 13 heteroatoms. The number of methoxy groups -OCH3 is 1. The summed E-state index contributed by atoms with van der Waals surface area (Å²) in [5, 5.41) is 10.3. The number of urea groups is 1. The standard InChI is InChI=1S/C33H52N4O8S/c1-5-44-23-45-27-19-28(29(34)38)37(22-27)31(40)36(21-24-12-14-26(43-4)15-13-24)18-10-8-6-7-9-11-25-20-33(25,3)30(39)35-46(41,42)32(2)16-17-32/h9,11-15,25,27-29,38H,5-8,10,16-23,34H2,1-4H3,(H,35,39)/b11-9-/t25-,27-,28+,29?,33+/m1/s1. The van der Waals surface area contributed by atoms with Gasteiger partial charge in [-0.3, -0.25) is 9.52 Å². The third-order valence-electron chi connectivity index (χ3n) is 9.66. The highest BCUT2D eigenvalue weighted by molar-refractivity contribution is 7.91. The van der Waals surface area contributed by atoms with Crippen molar-refractivity contribution in [3.8, 4) is 5.75 Å². The highest BCUT2D eigenvalue weighted by atomic mass is 32.2. The molecule has 4 N–H and O–H groups in total. The van der Waals surface area contributed by atoms with Gasteiger partial charge in [0.1, 0.15) is 18.8 Å². The number of unbranched alkanes of at least 4 members (excludes halogenated alkanes) is 3. The topological polar surface area (TPSA) is 161 Å². The Morgan fingerprint density at radius 2 is 1.91 bits per heavy atom. The van der Waals surface area contributed by atoms with E-state index in [0.717, 1.165) is 37.0 Å². The lowest BCUT2D eigenvalue weighted by molar-refractivity contribution is -0.124. The monoisotopic (exact) mass is 664 g/mol. The fourth-order valence-corrected chi connectivity index (χ4v) is 7.20. The maximum absolute atomic E-state index is 13.9. The number of aliphatic hydroxyl groups is 1. The van der Waals surface area contributed by atoms with Crippen LogP contribution in [-0.4, -0.2) is 92.0 Å². The molecule has 3 fully saturated rings. The molecule has 4 rings (SSSR count). The molecule has 1 unspecified atom stereocenters. The summed E-state index contributed by atoms with van der Waals surface area (Å²) in [6.07, 6.45) is 8.26. The molecule has 0 spiro atoms. The average Bonchev–Trinajstić information content (AvgIpc) is 3.89. The molecule has 5 atom stereocenters. The van der Waals surface area contributed by atoms with Crippen molar-refractivity contribution >= 4 is 22.0 Å². The lowest BCUT2D eigenvalue weighted by Gasteiger charge is -2.33. The number of carbonyl (C=O) groups is 2. The quantitative estimate of drug-likeness (QED) is 0.121. The van der Waals surface area contributed by atoms with Crippen LogP contribution in [0.1, 0.15) is 77.7 Å². The molecular formula is C33H52N4O8S. The van der Waals surface area contributed by atoms with Gasteiger partial charge in [-0.25, -0.2) is 13.2 Å². The van der Waals surface area contributed by atoms with E-state index in [1.54, 1.807) is 23.8 Å². The summed E-state index contributed by atoms with van der Waals surface area (Å²) < 4.78 is 42.8. The molecule has 1 aromatic carbocycles. The van der Waals surface area contributed by atoms with Crippen LogP contribution in [0.3, 0.4) is 0 Å². The Morgan fingerprint density at radius 1 is 1.20 bits per heavy atom. The highest BCUT2D eigenvalue weighted by Crippen LogP contribution is 2.54. The molecule has 12 nitrogen and oxygen atoms in total. The number of nitrogens with one attached hydrogen (secondary N) is 1. The third-order valence-corrected chi connectivity index (χ3v) is 11.8. The van der Waals surface area contributed by atoms with E-state index in [2.05, 4.69) is 10.8 Å². The van der Waals surface area contributed by atoms with E-state index in [-0.39, 0.29) is 24.8 Å². The molecule has 0 aromatic heterocycles. The minimum Gasteiger partial charge on any atom is -0.497 e. The molecule has 2 saturated carbocycles. The summed E-state index contributed by atoms with van der Waals surface area (Å²) in [6, 6.07) is 6.84. The number of ether oxygens (including phenoxy) is 3. The van der Waals surface area contributed by atoms with Crippen LogP contribution in [0.25, 0.3) is 0 Å². The van der Waals surface area contributed by atoms with Gasteiger partial charge in [0.25, 0.3) is 0 Å². The van der Waals surface area contributed by atoms with Crippen molar-refractivity contribution in [2.24, 2.45) is 17.1 Å². The Hall–Kier alpha value is -2.71. The molecule has 258 valence electrons. The van der Waals surface area contributed by atoms with Crippen LogP contribution < -0.4 is 15.2 Å². The molecule has 0 bridgehead atoms. The van der Waals surface area contributed by atoms with Crippen molar-refractivity contribution in [2.75, 3.05) is 33.6 Å². The average molecular weight is 665 g/mol. The number of aliphatic hydroxyl groups excluding tert-OH is 1. The van der Waals surface area contributed by atoms with E-state index >= 15 is 0 Å². The Morgan fingerprint density at radius 3 is 2.54 bits per heavy atom. The number of likely N-dealkylation sites (tertiary alicyclic amines) is 1. The van der Waals surface area contributed by atoms with Gasteiger partial charge in [-0.05, 0) is 82.4 Å². The first kappa shape index (κ1) is 36.1. The van der Waals surface area contributed by atoms with Gasteiger partial charge < -0.3 is 34.9 Å². The largest absolute Gasteiger partial charge is 0.497 e. The van der Waals surface area contributed by atoms with Crippen molar-refractivity contribution in [1.82, 2.24) is 14.5 Å². The molecule has 0 radical (unpaired) electrons. The van der Waals surface area contributed by atoms with Gasteiger partial charge in [0.15, 0.2) is 0 Å². The number of benzene rings is 1. The zero-order chi connectivity index (χ0) is 33.5. The smallest absolute Gasteiger partial charge is 0.320 e. The third kappa shape index (κ3) is 9.00. The predicted octanol–water partition coefficient (Wildman–Crippen LogP) is 3.49. The lowest BCUT2D eigenvalue weighted by atomic mass is 10.1. The first-order chi connectivity index (χ1) is 21.8. The van der Waals surface area contributed by atoms with Gasteiger partial charge in [-0.1, -0.05) is 37.6 Å². The van der Waals surface area contributed by atoms with E-state index in [1.165, 1.54) is 0 Å². The molecule has 1 heterocycles. The second-order valence-corrected chi connectivity index (χ2v) is 15.5. The van der Waals surface area contributed by atoms with Gasteiger partial charge in [-0.2, -0.15) is 0 Å². The number of nitrogens with zero attached hydrogens (tertiary/aromatic N) is 2. The summed E-state index contributed by atoms with van der Waals surface area (Å²) in [6.45, 7) is 7.25. The first-order valence-corrected chi connectivity index (χ1v) is 17.9. The second-order valence-electron chi connectivity index (χ2n) is 13.3. The molecule has 3 aliphatic rings. The normalized spacial score (nSPS) is 25.8. The van der Waals surface area contributed by atoms with E-state index < -0.39 is 38.4 Å². The van der Waals surface area contributed by atoms with E-state index in [9.17, 15) is 23.1 Å². The van der Waals surface area contributed by atoms with Crippen molar-refractivity contribution < 1.29 is 37.3 Å². The molecule has 3 amide bonds. The van der Waals surface area contributed by atoms with Crippen LogP contribution in [0.4, 0.5) is 4.79 Å². The number of allylic oxidation sites excluding steroid dienone is 2. The fraction of sp³-hybridized carbons (Fsp3) is 0.697. The SMILES string of the molecule is CCOCO[C@@H]1C[C@@H](C(N)O)N(C(=O)N(CCCCC/C=C\[C@@H]2C[C@]2(C)C(=O)NS(=O)(=O)C2(C)CC2)Cc2ccc(OC)cc2)C1. The zero-order valence-corrected chi connectivity index (χ0v) is 28.5. The second kappa shape index (κ2) is 15.5. The molecular weight excluding hydrogens is 612 g/mol. The van der Waals surface area contributed by atoms with Crippen LogP contribution in [0.5, 0.6) is 5.75 Å². The summed E-state index contributed by atoms with van der Waals surface area (Å²) in [7, 11) is -2.03. The minimum absolute atomic E-state index is 0.0277. The zero-order valence-electron chi connectivity index (χ0n) is 27.7. The number of sulfonamides is 1. The number of hydrogen-bond donors (Lipinski definition) is 3. The molecule has 1 saturated heterocycles. The molecule has 1 aromatic rings. The van der Waals surface area contributed by atoms with Crippen molar-refractivity contribution in [3.05, 3.63) is 42.0 Å². The van der Waals surface area contributed by atoms with Crippen LogP contribution in [0.2, 0.25) is 0 Å². The Bertz CT molecular complexity index is 1320. The maximum Gasteiger partial charge on any atom is 0.320 e. The summed E-state index contributed by atoms with van der Waals surface area (Å²) in [4.78, 5) is 30.0. The minimum atomic E-state index is -3.64. The maximum atomic E-state index is 13.9. The van der Waals surface area contributed by atoms with Crippen LogP contribution in [0, 0.1) is 11.3 Å². The predicted molar refractivity (Wildman–Crippen MR) is 174 cm³/mol. The highest BCUT2D eigenvalue weighted by Gasteiger charge is 2.58.